The van der Waals surface area contributed by atoms with Crippen LogP contribution in [0.15, 0.2) is 41.4 Å². The molecular formula is C17H21N3O3S. The highest BCUT2D eigenvalue weighted by Crippen LogP contribution is 2.38. The van der Waals surface area contributed by atoms with E-state index in [1.807, 2.05) is 27.1 Å². The summed E-state index contributed by atoms with van der Waals surface area (Å²) in [5, 5.41) is 0. The van der Waals surface area contributed by atoms with Crippen LogP contribution in [0.1, 0.15) is 12.5 Å². The minimum atomic E-state index is -3.76. The average Bonchev–Trinajstić information content (AvgIpc) is 2.93. The first kappa shape index (κ1) is 16.6. The molecule has 128 valence electrons. The lowest BCUT2D eigenvalue weighted by Gasteiger charge is -2.25. The zero-order chi connectivity index (χ0) is 17.5. The second-order valence-electron chi connectivity index (χ2n) is 6.09. The molecule has 24 heavy (non-hydrogen) atoms. The average molecular weight is 347 g/mol. The van der Waals surface area contributed by atoms with Crippen LogP contribution in [0, 0.1) is 0 Å². The summed E-state index contributed by atoms with van der Waals surface area (Å²) in [5.74, 6) is 1.05. The zero-order valence-electron chi connectivity index (χ0n) is 14.2. The fraction of sp³-hybridized carbons (Fsp3) is 0.353. The minimum Gasteiger partial charge on any atom is -0.489 e. The van der Waals surface area contributed by atoms with Gasteiger partial charge in [-0.15, -0.1) is 0 Å². The minimum absolute atomic E-state index is 0.0163. The Morgan fingerprint density at radius 1 is 1.17 bits per heavy atom. The van der Waals surface area contributed by atoms with Crippen molar-refractivity contribution in [2.75, 3.05) is 30.3 Å². The molecule has 3 rings (SSSR count). The first-order valence-corrected chi connectivity index (χ1v) is 9.16. The van der Waals surface area contributed by atoms with Crippen molar-refractivity contribution in [1.29, 1.82) is 0 Å². The molecule has 1 unspecified atom stereocenters. The van der Waals surface area contributed by atoms with Crippen LogP contribution in [0.3, 0.4) is 0 Å². The summed E-state index contributed by atoms with van der Waals surface area (Å²) in [6.45, 7) is 1.94. The summed E-state index contributed by atoms with van der Waals surface area (Å²) in [7, 11) is 1.45. The molecule has 7 heteroatoms. The van der Waals surface area contributed by atoms with E-state index in [2.05, 4.69) is 4.98 Å². The van der Waals surface area contributed by atoms with Gasteiger partial charge in [-0.2, -0.15) is 0 Å². The second kappa shape index (κ2) is 5.98. The molecule has 0 N–H and O–H groups in total. The topological polar surface area (TPSA) is 62.7 Å². The number of hydrogen-bond donors (Lipinski definition) is 0. The van der Waals surface area contributed by atoms with Gasteiger partial charge < -0.3 is 9.64 Å². The number of para-hydroxylation sites is 1. The number of benzene rings is 1. The molecule has 1 aromatic heterocycles. The lowest BCUT2D eigenvalue weighted by molar-refractivity contribution is 0.249. The van der Waals surface area contributed by atoms with Crippen molar-refractivity contribution in [2.24, 2.45) is 0 Å². The molecule has 0 amide bonds. The van der Waals surface area contributed by atoms with E-state index in [4.69, 9.17) is 4.74 Å². The highest BCUT2D eigenvalue weighted by atomic mass is 32.2. The number of pyridine rings is 1. The second-order valence-corrected chi connectivity index (χ2v) is 8.03. The molecular weight excluding hydrogens is 326 g/mol. The van der Waals surface area contributed by atoms with E-state index in [0.29, 0.717) is 17.3 Å². The van der Waals surface area contributed by atoms with Gasteiger partial charge in [0.1, 0.15) is 16.7 Å². The zero-order valence-corrected chi connectivity index (χ0v) is 15.0. The summed E-state index contributed by atoms with van der Waals surface area (Å²) < 4.78 is 33.4. The van der Waals surface area contributed by atoms with Gasteiger partial charge in [-0.3, -0.25) is 4.31 Å². The Morgan fingerprint density at radius 2 is 1.92 bits per heavy atom. The molecule has 0 radical (unpaired) electrons. The normalized spacial score (nSPS) is 16.4. The molecule has 1 aliphatic heterocycles. The molecule has 0 bridgehead atoms. The predicted octanol–water partition coefficient (Wildman–Crippen LogP) is 2.30. The molecule has 1 atom stereocenters. The third kappa shape index (κ3) is 2.69. The summed E-state index contributed by atoms with van der Waals surface area (Å²) in [4.78, 5) is 6.26. The van der Waals surface area contributed by atoms with Crippen LogP contribution in [-0.4, -0.2) is 40.6 Å². The number of hydrogen-bond acceptors (Lipinski definition) is 5. The molecule has 6 nitrogen and oxygen atoms in total. The smallest absolute Gasteiger partial charge is 0.267 e. The van der Waals surface area contributed by atoms with Crippen molar-refractivity contribution < 1.29 is 13.2 Å². The summed E-state index contributed by atoms with van der Waals surface area (Å²) in [5.41, 5.74) is 1.45. The van der Waals surface area contributed by atoms with Crippen LogP contribution in [0.25, 0.3) is 0 Å². The van der Waals surface area contributed by atoms with Gasteiger partial charge in [-0.25, -0.2) is 13.4 Å². The summed E-state index contributed by atoms with van der Waals surface area (Å²) >= 11 is 0. The van der Waals surface area contributed by atoms with Crippen LogP contribution < -0.4 is 13.9 Å². The highest BCUT2D eigenvalue weighted by Gasteiger charge is 2.32. The maximum absolute atomic E-state index is 13.2. The number of nitrogens with zero attached hydrogens (tertiary/aromatic N) is 3. The molecule has 0 saturated heterocycles. The largest absolute Gasteiger partial charge is 0.489 e. The van der Waals surface area contributed by atoms with Gasteiger partial charge in [-0.05, 0) is 30.7 Å². The van der Waals surface area contributed by atoms with E-state index in [1.165, 1.54) is 11.4 Å². The number of anilines is 2. The quantitative estimate of drug-likeness (QED) is 0.849. The SMILES string of the molecule is CC1Cc2cccc(S(=O)(=O)N(C)c3cccnc3N(C)C)c2O1. The first-order chi connectivity index (χ1) is 11.3. The lowest BCUT2D eigenvalue weighted by atomic mass is 10.1. The van der Waals surface area contributed by atoms with Gasteiger partial charge in [0.05, 0.1) is 5.69 Å². The fourth-order valence-corrected chi connectivity index (χ4v) is 4.23. The van der Waals surface area contributed by atoms with Crippen LogP contribution in [0.4, 0.5) is 11.5 Å². The van der Waals surface area contributed by atoms with Crippen molar-refractivity contribution in [3.63, 3.8) is 0 Å². The van der Waals surface area contributed by atoms with Gasteiger partial charge in [0.15, 0.2) is 5.82 Å². The Balaban J connectivity index is 2.09. The van der Waals surface area contributed by atoms with Crippen LogP contribution in [0.5, 0.6) is 5.75 Å². The van der Waals surface area contributed by atoms with Gasteiger partial charge in [0.2, 0.25) is 0 Å². The lowest BCUT2D eigenvalue weighted by Crippen LogP contribution is -2.29. The van der Waals surface area contributed by atoms with Gasteiger partial charge in [0, 0.05) is 33.8 Å². The Bertz CT molecular complexity index is 865. The Morgan fingerprint density at radius 3 is 2.62 bits per heavy atom. The standard InChI is InChI=1S/C17H21N3O3S/c1-12-11-13-7-5-9-15(16(13)23-12)24(21,22)20(4)14-8-6-10-18-17(14)19(2)3/h5-10,12H,11H2,1-4H3. The molecule has 1 aromatic carbocycles. The molecule has 0 saturated carbocycles. The van der Waals surface area contributed by atoms with Crippen molar-refractivity contribution >= 4 is 21.5 Å². The van der Waals surface area contributed by atoms with Gasteiger partial charge in [-0.1, -0.05) is 12.1 Å². The summed E-state index contributed by atoms with van der Waals surface area (Å²) in [6, 6.07) is 8.73. The van der Waals surface area contributed by atoms with Crippen molar-refractivity contribution in [3.8, 4) is 5.75 Å². The van der Waals surface area contributed by atoms with E-state index in [0.717, 1.165) is 12.0 Å². The first-order valence-electron chi connectivity index (χ1n) is 7.72. The third-order valence-corrected chi connectivity index (χ3v) is 5.85. The maximum Gasteiger partial charge on any atom is 0.267 e. The molecule has 2 heterocycles. The van der Waals surface area contributed by atoms with E-state index >= 15 is 0 Å². The number of rotatable bonds is 4. The Hall–Kier alpha value is -2.28. The number of fused-ring (bicyclic) bond motifs is 1. The van der Waals surface area contributed by atoms with Crippen molar-refractivity contribution in [1.82, 2.24) is 4.98 Å². The van der Waals surface area contributed by atoms with Crippen molar-refractivity contribution in [2.45, 2.75) is 24.3 Å². The van der Waals surface area contributed by atoms with Gasteiger partial charge in [0.25, 0.3) is 10.0 Å². The fourth-order valence-electron chi connectivity index (χ4n) is 2.87. The molecule has 2 aromatic rings. The molecule has 1 aliphatic rings. The number of ether oxygens (including phenoxy) is 1. The Labute approximate surface area is 142 Å². The monoisotopic (exact) mass is 347 g/mol. The molecule has 0 fully saturated rings. The third-order valence-electron chi connectivity index (χ3n) is 4.05. The Kier molecular flexibility index (Phi) is 4.13. The van der Waals surface area contributed by atoms with Gasteiger partial charge >= 0.3 is 0 Å². The van der Waals surface area contributed by atoms with Crippen LogP contribution in [0.2, 0.25) is 0 Å². The highest BCUT2D eigenvalue weighted by molar-refractivity contribution is 7.93. The van der Waals surface area contributed by atoms with E-state index in [9.17, 15) is 8.42 Å². The van der Waals surface area contributed by atoms with Crippen molar-refractivity contribution in [3.05, 3.63) is 42.1 Å². The maximum atomic E-state index is 13.2. The van der Waals surface area contributed by atoms with E-state index < -0.39 is 10.0 Å². The summed E-state index contributed by atoms with van der Waals surface area (Å²) in [6.07, 6.45) is 2.35. The predicted molar refractivity (Wildman–Crippen MR) is 94.4 cm³/mol. The number of aromatic nitrogens is 1. The molecule has 0 spiro atoms. The molecule has 0 aliphatic carbocycles. The van der Waals surface area contributed by atoms with Crippen LogP contribution >= 0.6 is 0 Å². The van der Waals surface area contributed by atoms with E-state index in [1.54, 1.807) is 35.4 Å². The number of sulfonamides is 1. The van der Waals surface area contributed by atoms with Crippen LogP contribution in [-0.2, 0) is 16.4 Å². The van der Waals surface area contributed by atoms with E-state index in [-0.39, 0.29) is 11.0 Å².